The summed E-state index contributed by atoms with van der Waals surface area (Å²) >= 11 is 0. The second kappa shape index (κ2) is 4.94. The molecular weight excluding hydrogens is 252 g/mol. The highest BCUT2D eigenvalue weighted by Crippen LogP contribution is 2.10. The molecule has 0 saturated heterocycles. The fourth-order valence-electron chi connectivity index (χ4n) is 0.950. The Morgan fingerprint density at radius 1 is 1.06 bits per heavy atom. The molecule has 7 heteroatoms. The lowest BCUT2D eigenvalue weighted by molar-refractivity contribution is 0.339. The zero-order valence-corrected chi connectivity index (χ0v) is 10.3. The molecule has 0 N–H and O–H groups in total. The minimum absolute atomic E-state index is 0.0171. The average Bonchev–Trinajstić information content (AvgIpc) is 2.17. The topological polar surface area (TPSA) is 77.5 Å². The van der Waals surface area contributed by atoms with Crippen LogP contribution in [0.3, 0.4) is 0 Å². The third-order valence-corrected chi connectivity index (χ3v) is 3.96. The maximum atomic E-state index is 11.5. The Labute approximate surface area is 95.1 Å². The molecule has 5 nitrogen and oxygen atoms in total. The van der Waals surface area contributed by atoms with Crippen molar-refractivity contribution in [1.82, 2.24) is 0 Å². The van der Waals surface area contributed by atoms with Crippen molar-refractivity contribution in [2.45, 2.75) is 4.90 Å². The van der Waals surface area contributed by atoms with Gasteiger partial charge in [0, 0.05) is 6.26 Å². The minimum Gasteiger partial charge on any atom is -0.265 e. The highest BCUT2D eigenvalue weighted by molar-refractivity contribution is 7.90. The van der Waals surface area contributed by atoms with Gasteiger partial charge >= 0.3 is 0 Å². The van der Waals surface area contributed by atoms with Gasteiger partial charge in [0.1, 0.15) is 9.84 Å². The molecule has 0 aliphatic rings. The van der Waals surface area contributed by atoms with Gasteiger partial charge in [0.2, 0.25) is 0 Å². The predicted molar refractivity (Wildman–Crippen MR) is 59.3 cm³/mol. The van der Waals surface area contributed by atoms with E-state index in [4.69, 9.17) is 0 Å². The molecule has 0 fully saturated rings. The van der Waals surface area contributed by atoms with Crippen molar-refractivity contribution in [2.75, 3.05) is 18.6 Å². The van der Waals surface area contributed by atoms with Crippen LogP contribution in [0.25, 0.3) is 0 Å². The Morgan fingerprint density at radius 2 is 1.62 bits per heavy atom. The number of benzene rings is 1. The van der Waals surface area contributed by atoms with E-state index in [0.717, 1.165) is 6.26 Å². The van der Waals surface area contributed by atoms with Crippen LogP contribution >= 0.6 is 0 Å². The smallest absolute Gasteiger partial charge is 0.265 e. The molecule has 90 valence electrons. The first-order valence-corrected chi connectivity index (χ1v) is 7.90. The zero-order valence-electron chi connectivity index (χ0n) is 8.66. The van der Waals surface area contributed by atoms with Gasteiger partial charge in [-0.15, -0.1) is 0 Å². The van der Waals surface area contributed by atoms with Gasteiger partial charge in [-0.3, -0.25) is 4.18 Å². The van der Waals surface area contributed by atoms with E-state index in [1.807, 2.05) is 0 Å². The SMILES string of the molecule is CS(=O)(=O)CCOS(=O)(=O)c1ccccc1. The molecule has 0 heterocycles. The van der Waals surface area contributed by atoms with Crippen LogP contribution < -0.4 is 0 Å². The lowest BCUT2D eigenvalue weighted by Gasteiger charge is -2.04. The number of rotatable bonds is 5. The molecular formula is C9H12O5S2. The molecule has 0 aromatic heterocycles. The molecule has 0 aliphatic heterocycles. The number of hydrogen-bond donors (Lipinski definition) is 0. The summed E-state index contributed by atoms with van der Waals surface area (Å²) < 4.78 is 49.1. The maximum absolute atomic E-state index is 11.5. The second-order valence-corrected chi connectivity index (χ2v) is 7.09. The van der Waals surface area contributed by atoms with Crippen LogP contribution in [0.2, 0.25) is 0 Å². The first kappa shape index (κ1) is 13.1. The van der Waals surface area contributed by atoms with E-state index in [1.165, 1.54) is 12.1 Å². The summed E-state index contributed by atoms with van der Waals surface area (Å²) in [5, 5.41) is 0. The Balaban J connectivity index is 2.68. The molecule has 0 amide bonds. The van der Waals surface area contributed by atoms with Crippen LogP contribution in [-0.2, 0) is 24.1 Å². The minimum atomic E-state index is -3.85. The van der Waals surface area contributed by atoms with Gasteiger partial charge in [0.15, 0.2) is 0 Å². The van der Waals surface area contributed by atoms with E-state index in [-0.39, 0.29) is 17.3 Å². The molecule has 16 heavy (non-hydrogen) atoms. The summed E-state index contributed by atoms with van der Waals surface area (Å²) in [4.78, 5) is 0.0171. The summed E-state index contributed by atoms with van der Waals surface area (Å²) in [6.45, 7) is -0.365. The second-order valence-electron chi connectivity index (χ2n) is 3.22. The first-order valence-electron chi connectivity index (χ1n) is 4.43. The van der Waals surface area contributed by atoms with E-state index in [1.54, 1.807) is 18.2 Å². The average molecular weight is 264 g/mol. The van der Waals surface area contributed by atoms with Crippen LogP contribution in [0.5, 0.6) is 0 Å². The molecule has 1 aromatic rings. The summed E-state index contributed by atoms with van der Waals surface area (Å²) in [6, 6.07) is 7.57. The maximum Gasteiger partial charge on any atom is 0.297 e. The molecule has 0 aliphatic carbocycles. The molecule has 1 rings (SSSR count). The summed E-state index contributed by atoms with van der Waals surface area (Å²) in [5.74, 6) is -0.320. The predicted octanol–water partition coefficient (Wildman–Crippen LogP) is 0.436. The van der Waals surface area contributed by atoms with Crippen molar-refractivity contribution in [3.05, 3.63) is 30.3 Å². The Morgan fingerprint density at radius 3 is 2.12 bits per heavy atom. The van der Waals surface area contributed by atoms with E-state index in [2.05, 4.69) is 4.18 Å². The third-order valence-electron chi connectivity index (χ3n) is 1.72. The van der Waals surface area contributed by atoms with Gasteiger partial charge in [-0.05, 0) is 12.1 Å². The van der Waals surface area contributed by atoms with E-state index in [0.29, 0.717) is 0 Å². The fourth-order valence-corrected chi connectivity index (χ4v) is 2.37. The number of sulfone groups is 1. The van der Waals surface area contributed by atoms with E-state index < -0.39 is 20.0 Å². The number of hydrogen-bond acceptors (Lipinski definition) is 5. The van der Waals surface area contributed by atoms with Gasteiger partial charge in [-0.25, -0.2) is 8.42 Å². The Bertz CT molecular complexity index is 531. The lowest BCUT2D eigenvalue weighted by Crippen LogP contribution is -2.14. The summed E-state index contributed by atoms with van der Waals surface area (Å²) in [7, 11) is -7.07. The molecule has 0 spiro atoms. The van der Waals surface area contributed by atoms with Crippen LogP contribution in [-0.4, -0.2) is 35.5 Å². The van der Waals surface area contributed by atoms with Gasteiger partial charge in [-0.2, -0.15) is 8.42 Å². The van der Waals surface area contributed by atoms with Crippen molar-refractivity contribution < 1.29 is 21.0 Å². The van der Waals surface area contributed by atoms with Crippen molar-refractivity contribution in [3.63, 3.8) is 0 Å². The monoisotopic (exact) mass is 264 g/mol. The lowest BCUT2D eigenvalue weighted by atomic mass is 10.4. The normalized spacial score (nSPS) is 12.6. The van der Waals surface area contributed by atoms with Crippen LogP contribution in [0, 0.1) is 0 Å². The highest BCUT2D eigenvalue weighted by Gasteiger charge is 2.15. The van der Waals surface area contributed by atoms with Crippen LogP contribution in [0.1, 0.15) is 0 Å². The molecule has 0 bridgehead atoms. The molecule has 0 atom stereocenters. The molecule has 0 radical (unpaired) electrons. The van der Waals surface area contributed by atoms with E-state index >= 15 is 0 Å². The van der Waals surface area contributed by atoms with Crippen LogP contribution in [0.4, 0.5) is 0 Å². The van der Waals surface area contributed by atoms with Gasteiger partial charge < -0.3 is 0 Å². The van der Waals surface area contributed by atoms with Crippen molar-refractivity contribution in [3.8, 4) is 0 Å². The highest BCUT2D eigenvalue weighted by atomic mass is 32.2. The van der Waals surface area contributed by atoms with Crippen molar-refractivity contribution >= 4 is 20.0 Å². The van der Waals surface area contributed by atoms with Gasteiger partial charge in [0.05, 0.1) is 17.3 Å². The van der Waals surface area contributed by atoms with Gasteiger partial charge in [-0.1, -0.05) is 18.2 Å². The first-order chi connectivity index (χ1) is 7.31. The van der Waals surface area contributed by atoms with Crippen molar-refractivity contribution in [1.29, 1.82) is 0 Å². The Hall–Kier alpha value is -0.920. The largest absolute Gasteiger partial charge is 0.297 e. The Kier molecular flexibility index (Phi) is 4.06. The summed E-state index contributed by atoms with van der Waals surface area (Å²) in [6.07, 6.45) is 1.02. The quantitative estimate of drug-likeness (QED) is 0.721. The standard InChI is InChI=1S/C9H12O5S2/c1-15(10,11)8-7-14-16(12,13)9-5-3-2-4-6-9/h2-6H,7-8H2,1H3. The van der Waals surface area contributed by atoms with Gasteiger partial charge in [0.25, 0.3) is 10.1 Å². The third kappa shape index (κ3) is 4.30. The zero-order chi connectivity index (χ0) is 12.2. The van der Waals surface area contributed by atoms with Crippen LogP contribution in [0.15, 0.2) is 35.2 Å². The van der Waals surface area contributed by atoms with Crippen molar-refractivity contribution in [2.24, 2.45) is 0 Å². The molecule has 0 unspecified atom stereocenters. The summed E-state index contributed by atoms with van der Waals surface area (Å²) in [5.41, 5.74) is 0. The molecule has 0 saturated carbocycles. The molecule has 1 aromatic carbocycles. The van der Waals surface area contributed by atoms with E-state index in [9.17, 15) is 16.8 Å². The fraction of sp³-hybridized carbons (Fsp3) is 0.333.